The van der Waals surface area contributed by atoms with E-state index in [1.165, 1.54) is 40.5 Å². The number of anilines is 3. The zero-order valence-electron chi connectivity index (χ0n) is 41.4. The second-order valence-corrected chi connectivity index (χ2v) is 25.7. The lowest BCUT2D eigenvalue weighted by Gasteiger charge is -2.38. The highest BCUT2D eigenvalue weighted by Crippen LogP contribution is 2.43. The van der Waals surface area contributed by atoms with Crippen molar-refractivity contribution < 1.29 is 47.1 Å². The van der Waals surface area contributed by atoms with Crippen LogP contribution in [0.3, 0.4) is 0 Å². The number of benzene rings is 4. The molecule has 4 N–H and O–H groups in total. The van der Waals surface area contributed by atoms with Crippen molar-refractivity contribution in [3.8, 4) is 16.9 Å². The van der Waals surface area contributed by atoms with Crippen LogP contribution >= 0.6 is 11.3 Å². The number of nitrogens with zero attached hydrogens (tertiary/aromatic N) is 4. The highest BCUT2D eigenvalue weighted by atomic mass is 32.1. The summed E-state index contributed by atoms with van der Waals surface area (Å²) in [6.07, 6.45) is 0.879. The summed E-state index contributed by atoms with van der Waals surface area (Å²) in [5.41, 5.74) is 4.64. The number of amides is 6. The summed E-state index contributed by atoms with van der Waals surface area (Å²) in [7, 11) is -2.48. The summed E-state index contributed by atoms with van der Waals surface area (Å²) in [6, 6.07) is 19.6. The van der Waals surface area contributed by atoms with E-state index in [0.717, 1.165) is 27.3 Å². The molecule has 4 aromatic carbocycles. The molecule has 4 unspecified atom stereocenters. The minimum absolute atomic E-state index is 0.0214. The molecule has 5 aromatic rings. The highest BCUT2D eigenvalue weighted by molar-refractivity contribution is 7.13. The van der Waals surface area contributed by atoms with Gasteiger partial charge < -0.3 is 29.6 Å². The van der Waals surface area contributed by atoms with E-state index in [9.17, 15) is 33.6 Å². The van der Waals surface area contributed by atoms with Crippen molar-refractivity contribution >= 4 is 77.4 Å². The molecule has 4 aliphatic rings. The summed E-state index contributed by atoms with van der Waals surface area (Å²) in [5.74, 6) is -3.62. The van der Waals surface area contributed by atoms with Gasteiger partial charge in [0, 0.05) is 73.2 Å². The van der Waals surface area contributed by atoms with Crippen LogP contribution in [0, 0.1) is 5.82 Å². The van der Waals surface area contributed by atoms with Gasteiger partial charge in [-0.1, -0.05) is 51.1 Å². The number of carbonyl (C=O) groups is 7. The SMILES string of the molecule is CC(OCCNc1cccc2c1C(=O)N(C1CCC(=O)NC1=O)C2=O)C(=O)C1CN(c2ccc(-c3ccc4c(c3)C(=O)N(C(C(=O)Nc3nccs3)c3cc(F)ccc3O[Si](C)(C)C(C)(C)C)C4)cc2)CCN1. The molecule has 6 amide bonds. The Morgan fingerprint density at radius 1 is 0.945 bits per heavy atom. The summed E-state index contributed by atoms with van der Waals surface area (Å²) in [4.78, 5) is 102. The molecule has 0 bridgehead atoms. The van der Waals surface area contributed by atoms with Gasteiger partial charge in [-0.15, -0.1) is 11.3 Å². The lowest BCUT2D eigenvalue weighted by Crippen LogP contribution is -2.56. The van der Waals surface area contributed by atoms with E-state index >= 15 is 4.39 Å². The van der Waals surface area contributed by atoms with Crippen LogP contribution in [0.2, 0.25) is 18.1 Å². The molecular weight excluding hydrogens is 972 g/mol. The highest BCUT2D eigenvalue weighted by Gasteiger charge is 2.46. The number of imide groups is 2. The third kappa shape index (κ3) is 10.3. The Bertz CT molecular complexity index is 3020. The second kappa shape index (κ2) is 20.4. The van der Waals surface area contributed by atoms with Gasteiger partial charge in [0.25, 0.3) is 23.6 Å². The molecule has 0 spiro atoms. The van der Waals surface area contributed by atoms with Crippen molar-refractivity contribution in [2.24, 2.45) is 0 Å². The van der Waals surface area contributed by atoms with E-state index in [-0.39, 0.29) is 66.0 Å². The Morgan fingerprint density at radius 3 is 2.44 bits per heavy atom. The van der Waals surface area contributed by atoms with Crippen LogP contribution in [-0.4, -0.2) is 115 Å². The maximum atomic E-state index is 15.2. The molecule has 73 heavy (non-hydrogen) atoms. The van der Waals surface area contributed by atoms with Gasteiger partial charge in [-0.25, -0.2) is 9.37 Å². The maximum Gasteiger partial charge on any atom is 0.264 e. The Kier molecular flexibility index (Phi) is 14.2. The lowest BCUT2D eigenvalue weighted by molar-refractivity contribution is -0.136. The van der Waals surface area contributed by atoms with E-state index in [2.05, 4.69) is 65.0 Å². The number of rotatable bonds is 16. The van der Waals surface area contributed by atoms with E-state index in [1.807, 2.05) is 42.5 Å². The molecule has 4 aliphatic heterocycles. The topological polar surface area (TPSA) is 209 Å². The van der Waals surface area contributed by atoms with Crippen LogP contribution in [0.15, 0.2) is 90.4 Å². The molecule has 9 rings (SSSR count). The fourth-order valence-corrected chi connectivity index (χ4v) is 10.9. The van der Waals surface area contributed by atoms with Gasteiger partial charge >= 0.3 is 0 Å². The molecule has 0 saturated carbocycles. The standard InChI is InChI=1S/C53H57FN8O9SSi/c1-30(70-24-21-56-39-9-7-8-36-44(39)51(69)62(50(36)68)41-17-19-43(63)58-47(41)65)46(64)40-29-60(23-20-55-40)35-15-12-31(13-16-35)32-10-11-33-28-61(49(67)37(33)26-32)45(48(66)59-52-57-22-25-72-52)38-27-34(54)14-18-42(38)71-73(5,6)53(2,3)4/h7-16,18,22,25-27,30,40-41,45,55-56H,17,19-21,23-24,28-29H2,1-6H3,(H,57,59,66)(H,58,63,65). The number of ether oxygens (including phenoxy) is 1. The zero-order valence-corrected chi connectivity index (χ0v) is 43.2. The molecule has 2 fully saturated rings. The first-order valence-corrected chi connectivity index (χ1v) is 28.0. The average Bonchev–Trinajstić information content (AvgIpc) is 4.06. The number of carbonyl (C=O) groups excluding carboxylic acids is 7. The molecule has 380 valence electrons. The van der Waals surface area contributed by atoms with Crippen molar-refractivity contribution in [1.82, 2.24) is 25.4 Å². The van der Waals surface area contributed by atoms with Gasteiger partial charge in [-0.05, 0) is 96.7 Å². The van der Waals surface area contributed by atoms with Gasteiger partial charge in [0.05, 0.1) is 23.8 Å². The van der Waals surface area contributed by atoms with Gasteiger partial charge in [0.2, 0.25) is 20.1 Å². The van der Waals surface area contributed by atoms with E-state index in [0.29, 0.717) is 41.8 Å². The first kappa shape index (κ1) is 50.8. The monoisotopic (exact) mass is 1030 g/mol. The average molecular weight is 1030 g/mol. The van der Waals surface area contributed by atoms with Crippen molar-refractivity contribution in [3.63, 3.8) is 0 Å². The largest absolute Gasteiger partial charge is 0.543 e. The van der Waals surface area contributed by atoms with Gasteiger partial charge in [0.1, 0.15) is 29.8 Å². The summed E-state index contributed by atoms with van der Waals surface area (Å²) in [5, 5.41) is 13.4. The maximum absolute atomic E-state index is 15.2. The Labute approximate surface area is 426 Å². The third-order valence-electron chi connectivity index (χ3n) is 14.3. The van der Waals surface area contributed by atoms with E-state index < -0.39 is 67.9 Å². The van der Waals surface area contributed by atoms with Crippen LogP contribution in [0.1, 0.15) is 88.8 Å². The number of Topliss-reactive ketones (excluding diaryl/α,β-unsaturated/α-hetero) is 1. The van der Waals surface area contributed by atoms with Crippen LogP contribution < -0.4 is 30.6 Å². The zero-order chi connectivity index (χ0) is 51.9. The number of nitrogens with one attached hydrogen (secondary N) is 4. The van der Waals surface area contributed by atoms with Crippen LogP contribution in [-0.2, 0) is 30.5 Å². The molecule has 0 aliphatic carbocycles. The number of piperazine rings is 1. The minimum atomic E-state index is -2.48. The van der Waals surface area contributed by atoms with Crippen molar-refractivity contribution in [2.45, 2.75) is 89.4 Å². The summed E-state index contributed by atoms with van der Waals surface area (Å²) >= 11 is 1.23. The molecule has 17 nitrogen and oxygen atoms in total. The molecule has 5 heterocycles. The first-order valence-electron chi connectivity index (χ1n) is 24.2. The minimum Gasteiger partial charge on any atom is -0.543 e. The number of piperidine rings is 1. The van der Waals surface area contributed by atoms with Gasteiger partial charge in [0.15, 0.2) is 10.9 Å². The van der Waals surface area contributed by atoms with E-state index in [4.69, 9.17) is 9.16 Å². The normalized spacial score (nSPS) is 18.8. The van der Waals surface area contributed by atoms with Gasteiger partial charge in [-0.3, -0.25) is 49.1 Å². The Hall–Kier alpha value is -7.13. The summed E-state index contributed by atoms with van der Waals surface area (Å²) < 4.78 is 27.8. The quantitative estimate of drug-likeness (QED) is 0.0450. The molecular formula is C53H57FN8O9SSi. The van der Waals surface area contributed by atoms with E-state index in [1.54, 1.807) is 30.6 Å². The Balaban J connectivity index is 0.830. The van der Waals surface area contributed by atoms with Gasteiger partial charge in [-0.2, -0.15) is 0 Å². The number of ketones is 1. The second-order valence-electron chi connectivity index (χ2n) is 20.1. The summed E-state index contributed by atoms with van der Waals surface area (Å²) in [6.45, 7) is 14.1. The van der Waals surface area contributed by atoms with Crippen LogP contribution in [0.25, 0.3) is 11.1 Å². The number of hydrogen-bond acceptors (Lipinski definition) is 14. The smallest absolute Gasteiger partial charge is 0.264 e. The predicted molar refractivity (Wildman–Crippen MR) is 275 cm³/mol. The number of aromatic nitrogens is 1. The fraction of sp³-hybridized carbons (Fsp3) is 0.358. The predicted octanol–water partition coefficient (Wildman–Crippen LogP) is 6.93. The molecule has 4 atom stereocenters. The number of fused-ring (bicyclic) bond motifs is 2. The number of halogens is 1. The first-order chi connectivity index (χ1) is 34.8. The lowest BCUT2D eigenvalue weighted by atomic mass is 9.99. The third-order valence-corrected chi connectivity index (χ3v) is 19.4. The molecule has 20 heteroatoms. The van der Waals surface area contributed by atoms with Crippen LogP contribution in [0.4, 0.5) is 20.9 Å². The fourth-order valence-electron chi connectivity index (χ4n) is 9.36. The molecule has 0 radical (unpaired) electrons. The van der Waals surface area contributed by atoms with Crippen molar-refractivity contribution in [3.05, 3.63) is 124 Å². The molecule has 1 aromatic heterocycles. The molecule has 2 saturated heterocycles. The van der Waals surface area contributed by atoms with Crippen molar-refractivity contribution in [2.75, 3.05) is 48.3 Å². The number of hydrogen-bond donors (Lipinski definition) is 4. The van der Waals surface area contributed by atoms with Crippen molar-refractivity contribution in [1.29, 1.82) is 0 Å². The van der Waals surface area contributed by atoms with Crippen LogP contribution in [0.5, 0.6) is 5.75 Å². The number of thiazole rings is 1. The Morgan fingerprint density at radius 2 is 1.71 bits per heavy atom.